The number of aromatic amines is 1. The molecule has 0 unspecified atom stereocenters. The van der Waals surface area contributed by atoms with Crippen molar-refractivity contribution in [3.63, 3.8) is 0 Å². The lowest BCUT2D eigenvalue weighted by atomic mass is 10.1. The lowest BCUT2D eigenvalue weighted by Gasteiger charge is -2.18. The number of aromatic nitrogens is 4. The third kappa shape index (κ3) is 4.31. The van der Waals surface area contributed by atoms with Gasteiger partial charge in [0.2, 0.25) is 5.91 Å². The number of H-pyrrole nitrogens is 1. The minimum absolute atomic E-state index is 0.0245. The van der Waals surface area contributed by atoms with Crippen LogP contribution in [0.1, 0.15) is 13.8 Å². The van der Waals surface area contributed by atoms with Crippen molar-refractivity contribution < 1.29 is 9.53 Å². The van der Waals surface area contributed by atoms with Gasteiger partial charge in [-0.3, -0.25) is 9.78 Å². The van der Waals surface area contributed by atoms with Crippen molar-refractivity contribution in [2.45, 2.75) is 20.4 Å². The van der Waals surface area contributed by atoms with Gasteiger partial charge in [-0.15, -0.1) is 0 Å². The van der Waals surface area contributed by atoms with Crippen molar-refractivity contribution >= 4 is 22.8 Å². The lowest BCUT2D eigenvalue weighted by molar-refractivity contribution is -0.128. The Bertz CT molecular complexity index is 1300. The molecule has 0 spiro atoms. The molecule has 4 aromatic rings. The van der Waals surface area contributed by atoms with E-state index in [0.29, 0.717) is 42.1 Å². The number of hydrogen-bond donors (Lipinski definition) is 2. The van der Waals surface area contributed by atoms with E-state index in [4.69, 9.17) is 10.5 Å². The number of hydrogen-bond acceptors (Lipinski definition) is 6. The normalized spacial score (nSPS) is 10.9. The number of carbonyl (C=O) groups is 1. The van der Waals surface area contributed by atoms with Gasteiger partial charge >= 0.3 is 5.69 Å². The van der Waals surface area contributed by atoms with Gasteiger partial charge in [0.15, 0.2) is 5.65 Å². The fourth-order valence-electron chi connectivity index (χ4n) is 3.53. The number of anilines is 1. The number of rotatable bonds is 7. The van der Waals surface area contributed by atoms with Crippen LogP contribution in [0.2, 0.25) is 0 Å². The summed E-state index contributed by atoms with van der Waals surface area (Å²) in [5, 5.41) is 5.24. The lowest BCUT2D eigenvalue weighted by Crippen LogP contribution is -2.32. The van der Waals surface area contributed by atoms with Crippen molar-refractivity contribution in [1.29, 1.82) is 0 Å². The first kappa shape index (κ1) is 21.1. The zero-order chi connectivity index (χ0) is 22.7. The summed E-state index contributed by atoms with van der Waals surface area (Å²) in [5.74, 6) is 1.60. The molecule has 4 rings (SSSR count). The van der Waals surface area contributed by atoms with Crippen LogP contribution in [0.3, 0.4) is 0 Å². The number of nitrogens with two attached hydrogens (primary N) is 1. The summed E-state index contributed by atoms with van der Waals surface area (Å²) in [5.41, 5.74) is 7.36. The fourth-order valence-corrected chi connectivity index (χ4v) is 3.53. The number of likely N-dealkylation sites (N-methyl/N-ethyl adjacent to an activating group) is 1. The Balaban J connectivity index is 1.69. The van der Waals surface area contributed by atoms with Crippen LogP contribution < -0.4 is 16.2 Å². The van der Waals surface area contributed by atoms with E-state index in [0.717, 1.165) is 11.3 Å². The molecule has 0 aliphatic rings. The highest BCUT2D eigenvalue weighted by Gasteiger charge is 2.18. The Labute approximate surface area is 184 Å². The second-order valence-electron chi connectivity index (χ2n) is 7.26. The van der Waals surface area contributed by atoms with Crippen LogP contribution >= 0.6 is 0 Å². The van der Waals surface area contributed by atoms with E-state index in [1.54, 1.807) is 9.58 Å². The standard InChI is InChI=1S/C23H24N6O3/c1-3-28(15(2)30)13-14-29-22-19(21(24)25-23(31)26-22)20(27-29)16-9-11-18(12-10-16)32-17-7-5-4-6-8-17/h4-12H,3,13-14H2,1-2H3,(H3,24,25,26,31). The molecule has 2 aromatic carbocycles. The van der Waals surface area contributed by atoms with Gasteiger partial charge in [-0.25, -0.2) is 9.48 Å². The topological polar surface area (TPSA) is 119 Å². The maximum absolute atomic E-state index is 12.0. The molecule has 0 atom stereocenters. The van der Waals surface area contributed by atoms with Gasteiger partial charge in [-0.1, -0.05) is 18.2 Å². The molecule has 0 fully saturated rings. The smallest absolute Gasteiger partial charge is 0.348 e. The fraction of sp³-hybridized carbons (Fsp3) is 0.217. The number of nitrogens with zero attached hydrogens (tertiary/aromatic N) is 4. The summed E-state index contributed by atoms with van der Waals surface area (Å²) in [4.78, 5) is 32.0. The molecule has 0 saturated heterocycles. The van der Waals surface area contributed by atoms with Crippen molar-refractivity contribution in [3.8, 4) is 22.8 Å². The van der Waals surface area contributed by atoms with E-state index >= 15 is 0 Å². The highest BCUT2D eigenvalue weighted by Crippen LogP contribution is 2.31. The largest absolute Gasteiger partial charge is 0.457 e. The van der Waals surface area contributed by atoms with Crippen molar-refractivity contribution in [1.82, 2.24) is 24.6 Å². The SMILES string of the molecule is CCN(CCn1nc(-c2ccc(Oc3ccccc3)cc2)c2c(N)[nH]c(=O)nc21)C(C)=O. The predicted molar refractivity (Wildman–Crippen MR) is 122 cm³/mol. The van der Waals surface area contributed by atoms with Crippen molar-refractivity contribution in [2.24, 2.45) is 0 Å². The van der Waals surface area contributed by atoms with Crippen LogP contribution in [0, 0.1) is 0 Å². The highest BCUT2D eigenvalue weighted by molar-refractivity contribution is 5.98. The Morgan fingerprint density at radius 3 is 2.47 bits per heavy atom. The number of nitrogens with one attached hydrogen (secondary N) is 1. The average molecular weight is 432 g/mol. The quantitative estimate of drug-likeness (QED) is 0.463. The predicted octanol–water partition coefficient (Wildman–Crippen LogP) is 3.03. The summed E-state index contributed by atoms with van der Waals surface area (Å²) in [6.07, 6.45) is 0. The molecule has 164 valence electrons. The minimum Gasteiger partial charge on any atom is -0.457 e. The third-order valence-electron chi connectivity index (χ3n) is 5.16. The third-order valence-corrected chi connectivity index (χ3v) is 5.16. The summed E-state index contributed by atoms with van der Waals surface area (Å²) in [6, 6.07) is 16.9. The Kier molecular flexibility index (Phi) is 5.89. The Hall–Kier alpha value is -4.14. The molecular formula is C23H24N6O3. The van der Waals surface area contributed by atoms with E-state index in [2.05, 4.69) is 15.1 Å². The number of nitrogen functional groups attached to an aromatic ring is 1. The molecule has 3 N–H and O–H groups in total. The molecule has 32 heavy (non-hydrogen) atoms. The van der Waals surface area contributed by atoms with E-state index in [9.17, 15) is 9.59 Å². The number of carbonyl (C=O) groups excluding carboxylic acids is 1. The van der Waals surface area contributed by atoms with Gasteiger partial charge in [0.05, 0.1) is 11.9 Å². The average Bonchev–Trinajstić information content (AvgIpc) is 3.14. The van der Waals surface area contributed by atoms with Gasteiger partial charge < -0.3 is 15.4 Å². The Morgan fingerprint density at radius 2 is 1.81 bits per heavy atom. The molecule has 2 aromatic heterocycles. The van der Waals surface area contributed by atoms with E-state index in [-0.39, 0.29) is 11.7 Å². The van der Waals surface area contributed by atoms with Gasteiger partial charge in [0.25, 0.3) is 0 Å². The molecule has 1 amide bonds. The molecule has 2 heterocycles. The minimum atomic E-state index is -0.548. The Morgan fingerprint density at radius 1 is 1.12 bits per heavy atom. The second-order valence-corrected chi connectivity index (χ2v) is 7.26. The highest BCUT2D eigenvalue weighted by atomic mass is 16.5. The van der Waals surface area contributed by atoms with Crippen LogP contribution in [0.5, 0.6) is 11.5 Å². The zero-order valence-corrected chi connectivity index (χ0v) is 17.9. The number of amides is 1. The molecule has 0 aliphatic carbocycles. The van der Waals surface area contributed by atoms with Crippen molar-refractivity contribution in [3.05, 3.63) is 65.1 Å². The summed E-state index contributed by atoms with van der Waals surface area (Å²) in [7, 11) is 0. The maximum atomic E-state index is 12.0. The van der Waals surface area contributed by atoms with Crippen LogP contribution in [-0.2, 0) is 11.3 Å². The van der Waals surface area contributed by atoms with E-state index < -0.39 is 5.69 Å². The zero-order valence-electron chi connectivity index (χ0n) is 17.9. The van der Waals surface area contributed by atoms with Crippen LogP contribution in [-0.4, -0.2) is 43.6 Å². The van der Waals surface area contributed by atoms with Crippen molar-refractivity contribution in [2.75, 3.05) is 18.8 Å². The molecule has 9 heteroatoms. The first-order chi connectivity index (χ1) is 15.5. The number of benzene rings is 2. The summed E-state index contributed by atoms with van der Waals surface area (Å²) in [6.45, 7) is 4.85. The maximum Gasteiger partial charge on any atom is 0.348 e. The van der Waals surface area contributed by atoms with Crippen LogP contribution in [0.4, 0.5) is 5.82 Å². The van der Waals surface area contributed by atoms with E-state index in [1.165, 1.54) is 6.92 Å². The van der Waals surface area contributed by atoms with E-state index in [1.807, 2.05) is 61.5 Å². The molecule has 0 saturated carbocycles. The first-order valence-electron chi connectivity index (χ1n) is 10.3. The number of fused-ring (bicyclic) bond motifs is 1. The molecular weight excluding hydrogens is 408 g/mol. The molecule has 0 aliphatic heterocycles. The number of para-hydroxylation sites is 1. The second kappa shape index (κ2) is 8.93. The summed E-state index contributed by atoms with van der Waals surface area (Å²) < 4.78 is 7.47. The van der Waals surface area contributed by atoms with Gasteiger partial charge in [-0.2, -0.15) is 10.1 Å². The van der Waals surface area contributed by atoms with Gasteiger partial charge in [0.1, 0.15) is 23.0 Å². The molecule has 9 nitrogen and oxygen atoms in total. The molecule has 0 radical (unpaired) electrons. The van der Waals surface area contributed by atoms with Crippen LogP contribution in [0.15, 0.2) is 59.4 Å². The number of ether oxygens (including phenoxy) is 1. The van der Waals surface area contributed by atoms with Gasteiger partial charge in [-0.05, 0) is 43.3 Å². The monoisotopic (exact) mass is 432 g/mol. The molecule has 0 bridgehead atoms. The van der Waals surface area contributed by atoms with Crippen LogP contribution in [0.25, 0.3) is 22.3 Å². The summed E-state index contributed by atoms with van der Waals surface area (Å²) >= 11 is 0. The van der Waals surface area contributed by atoms with Gasteiger partial charge in [0, 0.05) is 25.6 Å². The first-order valence-corrected chi connectivity index (χ1v) is 10.3.